The van der Waals surface area contributed by atoms with Gasteiger partial charge in [0.05, 0.1) is 0 Å². The highest BCUT2D eigenvalue weighted by molar-refractivity contribution is 5.91. The third kappa shape index (κ3) is 7.40. The van der Waals surface area contributed by atoms with Crippen LogP contribution in [-0.2, 0) is 14.4 Å². The van der Waals surface area contributed by atoms with Crippen molar-refractivity contribution in [1.29, 1.82) is 0 Å². The molecule has 1 unspecified atom stereocenters. The van der Waals surface area contributed by atoms with Crippen molar-refractivity contribution < 1.29 is 14.4 Å². The van der Waals surface area contributed by atoms with Crippen LogP contribution < -0.4 is 22.1 Å². The van der Waals surface area contributed by atoms with Crippen LogP contribution in [0.4, 0.5) is 0 Å². The van der Waals surface area contributed by atoms with Crippen LogP contribution in [0.5, 0.6) is 0 Å². The van der Waals surface area contributed by atoms with Crippen molar-refractivity contribution in [2.45, 2.75) is 45.7 Å². The number of hydrogen-bond donors (Lipinski definition) is 4. The van der Waals surface area contributed by atoms with E-state index in [4.69, 9.17) is 11.5 Å². The normalized spacial score (nSPS) is 13.7. The molecule has 0 aromatic carbocycles. The van der Waals surface area contributed by atoms with Gasteiger partial charge in [-0.25, -0.2) is 0 Å². The number of carbonyl (C=O) groups is 3. The van der Waals surface area contributed by atoms with Crippen LogP contribution in [0.15, 0.2) is 0 Å². The number of carbonyl (C=O) groups excluding carboxylic acids is 3. The Morgan fingerprint density at radius 1 is 1.11 bits per heavy atom. The number of amides is 3. The van der Waals surface area contributed by atoms with Crippen molar-refractivity contribution >= 4 is 17.7 Å². The van der Waals surface area contributed by atoms with Crippen molar-refractivity contribution in [2.24, 2.45) is 17.4 Å². The second-order valence-corrected chi connectivity index (χ2v) is 4.92. The van der Waals surface area contributed by atoms with E-state index in [1.807, 2.05) is 13.8 Å². The van der Waals surface area contributed by atoms with Crippen molar-refractivity contribution in [3.63, 3.8) is 0 Å². The smallest absolute Gasteiger partial charge is 0.243 e. The van der Waals surface area contributed by atoms with Crippen LogP contribution in [0.2, 0.25) is 0 Å². The number of hydrogen-bond acceptors (Lipinski definition) is 4. The van der Waals surface area contributed by atoms with E-state index in [9.17, 15) is 14.4 Å². The topological polar surface area (TPSA) is 127 Å². The Morgan fingerprint density at radius 2 is 1.68 bits per heavy atom. The summed E-state index contributed by atoms with van der Waals surface area (Å²) >= 11 is 0. The molecule has 7 nitrogen and oxygen atoms in total. The molecule has 0 aromatic rings. The molecular weight excluding hydrogens is 248 g/mol. The van der Waals surface area contributed by atoms with E-state index in [0.29, 0.717) is 12.8 Å². The summed E-state index contributed by atoms with van der Waals surface area (Å²) in [6, 6.07) is -1.47. The van der Waals surface area contributed by atoms with E-state index in [-0.39, 0.29) is 18.4 Å². The van der Waals surface area contributed by atoms with E-state index < -0.39 is 23.9 Å². The monoisotopic (exact) mass is 272 g/mol. The van der Waals surface area contributed by atoms with Gasteiger partial charge in [0.25, 0.3) is 0 Å². The second kappa shape index (κ2) is 8.47. The van der Waals surface area contributed by atoms with Gasteiger partial charge in [0.2, 0.25) is 17.7 Å². The molecule has 0 spiro atoms. The Balaban J connectivity index is 4.65. The molecule has 0 heterocycles. The number of nitrogens with one attached hydrogen (secondary N) is 2. The first kappa shape index (κ1) is 17.4. The lowest BCUT2D eigenvalue weighted by atomic mass is 10.0. The first-order valence-corrected chi connectivity index (χ1v) is 6.34. The first-order chi connectivity index (χ1) is 8.77. The van der Waals surface area contributed by atoms with E-state index in [2.05, 4.69) is 10.6 Å². The third-order valence-electron chi connectivity index (χ3n) is 2.52. The Morgan fingerprint density at radius 3 is 2.05 bits per heavy atom. The average molecular weight is 272 g/mol. The van der Waals surface area contributed by atoms with Crippen molar-refractivity contribution in [3.8, 4) is 0 Å². The van der Waals surface area contributed by atoms with Crippen LogP contribution >= 0.6 is 0 Å². The molecule has 0 aliphatic heterocycles. The second-order valence-electron chi connectivity index (χ2n) is 4.92. The van der Waals surface area contributed by atoms with Crippen LogP contribution in [0.3, 0.4) is 0 Å². The molecular formula is C12H24N4O3. The minimum absolute atomic E-state index is 0.214. The maximum absolute atomic E-state index is 12.0. The van der Waals surface area contributed by atoms with Gasteiger partial charge in [0, 0.05) is 6.92 Å². The van der Waals surface area contributed by atoms with Gasteiger partial charge < -0.3 is 22.1 Å². The van der Waals surface area contributed by atoms with Gasteiger partial charge in [-0.1, -0.05) is 13.8 Å². The lowest BCUT2D eigenvalue weighted by Crippen LogP contribution is -2.53. The highest BCUT2D eigenvalue weighted by atomic mass is 16.2. The van der Waals surface area contributed by atoms with E-state index in [0.717, 1.165) is 0 Å². The van der Waals surface area contributed by atoms with Crippen LogP contribution in [-0.4, -0.2) is 36.3 Å². The molecule has 0 aromatic heterocycles. The predicted octanol–water partition coefficient (Wildman–Crippen LogP) is -1.14. The van der Waals surface area contributed by atoms with Gasteiger partial charge in [0.1, 0.15) is 12.1 Å². The highest BCUT2D eigenvalue weighted by Crippen LogP contribution is 2.05. The molecule has 0 saturated carbocycles. The number of rotatable bonds is 8. The van der Waals surface area contributed by atoms with Crippen molar-refractivity contribution in [2.75, 3.05) is 6.54 Å². The molecule has 3 amide bonds. The zero-order valence-corrected chi connectivity index (χ0v) is 11.7. The lowest BCUT2D eigenvalue weighted by Gasteiger charge is -2.22. The maximum Gasteiger partial charge on any atom is 0.243 e. The van der Waals surface area contributed by atoms with Gasteiger partial charge in [-0.2, -0.15) is 0 Å². The zero-order chi connectivity index (χ0) is 15.0. The van der Waals surface area contributed by atoms with Crippen LogP contribution in [0, 0.1) is 5.92 Å². The molecule has 7 heteroatoms. The maximum atomic E-state index is 12.0. The standard InChI is InChI=1S/C12H24N4O3/c1-7(2)6-10(11(14)18)16-12(19)9(4-5-13)15-8(3)17/h7,9-10H,4-6,13H2,1-3H3,(H2,14,18)(H,15,17)(H,16,19)/t9-,10?/m0/s1. The van der Waals surface area contributed by atoms with Crippen LogP contribution in [0.1, 0.15) is 33.6 Å². The molecule has 0 rings (SSSR count). The fourth-order valence-electron chi connectivity index (χ4n) is 1.67. The largest absolute Gasteiger partial charge is 0.368 e. The Bertz CT molecular complexity index is 331. The minimum atomic E-state index is -0.739. The first-order valence-electron chi connectivity index (χ1n) is 6.34. The average Bonchev–Trinajstić information content (AvgIpc) is 2.26. The van der Waals surface area contributed by atoms with Gasteiger partial charge in [-0.15, -0.1) is 0 Å². The molecule has 110 valence electrons. The molecule has 2 atom stereocenters. The summed E-state index contributed by atoms with van der Waals surface area (Å²) in [5, 5.41) is 5.05. The third-order valence-corrected chi connectivity index (χ3v) is 2.52. The van der Waals surface area contributed by atoms with Gasteiger partial charge >= 0.3 is 0 Å². The lowest BCUT2D eigenvalue weighted by molar-refractivity contribution is -0.131. The SMILES string of the molecule is CC(=O)N[C@@H](CCN)C(=O)NC(CC(C)C)C(N)=O. The Labute approximate surface area is 113 Å². The molecule has 0 bridgehead atoms. The van der Waals surface area contributed by atoms with Gasteiger partial charge in [-0.3, -0.25) is 14.4 Å². The van der Waals surface area contributed by atoms with E-state index in [1.165, 1.54) is 6.92 Å². The summed E-state index contributed by atoms with van der Waals surface area (Å²) in [6.45, 7) is 5.42. The molecule has 0 aliphatic rings. The zero-order valence-electron chi connectivity index (χ0n) is 11.7. The fourth-order valence-corrected chi connectivity index (χ4v) is 1.67. The fraction of sp³-hybridized carbons (Fsp3) is 0.750. The van der Waals surface area contributed by atoms with Crippen LogP contribution in [0.25, 0.3) is 0 Å². The minimum Gasteiger partial charge on any atom is -0.368 e. The summed E-state index contributed by atoms with van der Waals surface area (Å²) in [5.74, 6) is -1.14. The Hall–Kier alpha value is -1.63. The Kier molecular flexibility index (Phi) is 7.74. The molecule has 0 radical (unpaired) electrons. The van der Waals surface area contributed by atoms with E-state index in [1.54, 1.807) is 0 Å². The van der Waals surface area contributed by atoms with Gasteiger partial charge in [-0.05, 0) is 25.3 Å². The summed E-state index contributed by atoms with van der Waals surface area (Å²) in [5.41, 5.74) is 10.6. The van der Waals surface area contributed by atoms with E-state index >= 15 is 0 Å². The molecule has 0 saturated heterocycles. The molecule has 19 heavy (non-hydrogen) atoms. The predicted molar refractivity (Wildman–Crippen MR) is 71.9 cm³/mol. The molecule has 0 fully saturated rings. The summed E-state index contributed by atoms with van der Waals surface area (Å²) < 4.78 is 0. The number of nitrogens with two attached hydrogens (primary N) is 2. The molecule has 6 N–H and O–H groups in total. The van der Waals surface area contributed by atoms with Gasteiger partial charge in [0.15, 0.2) is 0 Å². The number of primary amides is 1. The quantitative estimate of drug-likeness (QED) is 0.445. The highest BCUT2D eigenvalue weighted by Gasteiger charge is 2.24. The molecule has 0 aliphatic carbocycles. The summed E-state index contributed by atoms with van der Waals surface area (Å²) in [4.78, 5) is 34.3. The van der Waals surface area contributed by atoms with Crippen molar-refractivity contribution in [3.05, 3.63) is 0 Å². The summed E-state index contributed by atoms with van der Waals surface area (Å²) in [6.07, 6.45) is 0.759. The summed E-state index contributed by atoms with van der Waals surface area (Å²) in [7, 11) is 0. The van der Waals surface area contributed by atoms with Crippen molar-refractivity contribution in [1.82, 2.24) is 10.6 Å².